The molecule has 1 N–H and O–H groups in total. The fourth-order valence-electron chi connectivity index (χ4n) is 1.82. The van der Waals surface area contributed by atoms with Crippen LogP contribution in [0.3, 0.4) is 0 Å². The number of hydrogen-bond donors (Lipinski definition) is 1. The smallest absolute Gasteiger partial charge is 0.305 e. The van der Waals surface area contributed by atoms with Crippen LogP contribution in [-0.4, -0.2) is 4.98 Å². The highest BCUT2D eigenvalue weighted by Crippen LogP contribution is 2.28. The zero-order valence-corrected chi connectivity index (χ0v) is 11.3. The molecule has 0 spiro atoms. The summed E-state index contributed by atoms with van der Waals surface area (Å²) in [6.45, 7) is 2.22. The molecule has 2 rings (SSSR count). The van der Waals surface area contributed by atoms with Gasteiger partial charge in [-0.15, -0.1) is 0 Å². The van der Waals surface area contributed by atoms with Crippen molar-refractivity contribution in [2.75, 3.05) is 0 Å². The van der Waals surface area contributed by atoms with Crippen molar-refractivity contribution in [2.24, 2.45) is 0 Å². The normalized spacial score (nSPS) is 13.2. The van der Waals surface area contributed by atoms with Crippen molar-refractivity contribution in [1.82, 2.24) is 10.3 Å². The second-order valence-corrected chi connectivity index (χ2v) is 4.69. The highest BCUT2D eigenvalue weighted by atomic mass is 19.4. The van der Waals surface area contributed by atoms with E-state index in [0.717, 1.165) is 17.8 Å². The summed E-state index contributed by atoms with van der Waals surface area (Å²) in [7, 11) is 0. The topological polar surface area (TPSA) is 24.9 Å². The van der Waals surface area contributed by atoms with E-state index in [1.807, 2.05) is 6.92 Å². The van der Waals surface area contributed by atoms with Gasteiger partial charge in [0.1, 0.15) is 5.82 Å². The minimum absolute atomic E-state index is 0.0605. The van der Waals surface area contributed by atoms with Crippen LogP contribution in [0.5, 0.6) is 0 Å². The minimum atomic E-state index is -4.37. The maximum atomic E-state index is 12.8. The molecule has 1 aromatic carbocycles. The summed E-state index contributed by atoms with van der Waals surface area (Å²) in [6.07, 6.45) is -3.56. The fraction of sp³-hybridized carbons (Fsp3) is 0.267. The lowest BCUT2D eigenvalue weighted by Gasteiger charge is -2.14. The van der Waals surface area contributed by atoms with E-state index in [-0.39, 0.29) is 11.9 Å². The summed E-state index contributed by atoms with van der Waals surface area (Å²) in [6, 6.07) is 8.34. The molecule has 1 atom stereocenters. The average molecular weight is 298 g/mol. The van der Waals surface area contributed by atoms with Crippen LogP contribution >= 0.6 is 0 Å². The molecule has 0 amide bonds. The SMILES string of the molecule is C[C@@H](NCc1ccc(C(F)(F)F)cn1)c1ccc(F)cc1. The summed E-state index contributed by atoms with van der Waals surface area (Å²) >= 11 is 0. The molecule has 0 saturated heterocycles. The van der Waals surface area contributed by atoms with Gasteiger partial charge in [-0.25, -0.2) is 4.39 Å². The molecule has 1 aromatic heterocycles. The lowest BCUT2D eigenvalue weighted by atomic mass is 10.1. The number of alkyl halides is 3. The van der Waals surface area contributed by atoms with Crippen molar-refractivity contribution in [3.8, 4) is 0 Å². The van der Waals surface area contributed by atoms with Gasteiger partial charge in [0.25, 0.3) is 0 Å². The summed E-state index contributed by atoms with van der Waals surface area (Å²) in [4.78, 5) is 3.78. The fourth-order valence-corrected chi connectivity index (χ4v) is 1.82. The van der Waals surface area contributed by atoms with Crippen molar-refractivity contribution in [3.63, 3.8) is 0 Å². The number of aromatic nitrogens is 1. The zero-order valence-electron chi connectivity index (χ0n) is 11.3. The lowest BCUT2D eigenvalue weighted by molar-refractivity contribution is -0.137. The Bertz CT molecular complexity index is 576. The number of pyridine rings is 1. The molecule has 0 aliphatic carbocycles. The Kier molecular flexibility index (Phi) is 4.57. The molecule has 6 heteroatoms. The first-order valence-corrected chi connectivity index (χ1v) is 6.37. The van der Waals surface area contributed by atoms with E-state index in [2.05, 4.69) is 10.3 Å². The van der Waals surface area contributed by atoms with E-state index in [0.29, 0.717) is 12.2 Å². The molecule has 0 radical (unpaired) electrons. The average Bonchev–Trinajstić information content (AvgIpc) is 2.45. The maximum Gasteiger partial charge on any atom is 0.417 e. The van der Waals surface area contributed by atoms with Crippen LogP contribution in [0.25, 0.3) is 0 Å². The molecule has 2 aromatic rings. The molecule has 0 saturated carbocycles. The van der Waals surface area contributed by atoms with E-state index in [1.54, 1.807) is 12.1 Å². The summed E-state index contributed by atoms with van der Waals surface area (Å²) in [5.74, 6) is -0.310. The monoisotopic (exact) mass is 298 g/mol. The third kappa shape index (κ3) is 4.26. The first-order chi connectivity index (χ1) is 9.86. The molecular weight excluding hydrogens is 284 g/mol. The van der Waals surface area contributed by atoms with Crippen LogP contribution in [0, 0.1) is 5.82 Å². The van der Waals surface area contributed by atoms with E-state index in [4.69, 9.17) is 0 Å². The molecule has 0 bridgehead atoms. The standard InChI is InChI=1S/C15H14F4N2/c1-10(11-2-5-13(16)6-3-11)20-9-14-7-4-12(8-21-14)15(17,18)19/h2-8,10,20H,9H2,1H3/t10-/m1/s1. The highest BCUT2D eigenvalue weighted by Gasteiger charge is 2.30. The first-order valence-electron chi connectivity index (χ1n) is 6.37. The van der Waals surface area contributed by atoms with E-state index >= 15 is 0 Å². The van der Waals surface area contributed by atoms with Crippen molar-refractivity contribution in [2.45, 2.75) is 25.7 Å². The summed E-state index contributed by atoms with van der Waals surface area (Å²) < 4.78 is 50.0. The second kappa shape index (κ2) is 6.22. The molecule has 0 unspecified atom stereocenters. The van der Waals surface area contributed by atoms with Gasteiger partial charge in [0.05, 0.1) is 11.3 Å². The third-order valence-corrected chi connectivity index (χ3v) is 3.11. The minimum Gasteiger partial charge on any atom is -0.305 e. The molecule has 1 heterocycles. The van der Waals surface area contributed by atoms with Crippen molar-refractivity contribution in [3.05, 3.63) is 65.2 Å². The highest BCUT2D eigenvalue weighted by molar-refractivity contribution is 5.20. The molecule has 0 aliphatic rings. The van der Waals surface area contributed by atoms with Crippen LogP contribution < -0.4 is 5.32 Å². The Balaban J connectivity index is 1.95. The van der Waals surface area contributed by atoms with Gasteiger partial charge in [0.2, 0.25) is 0 Å². The van der Waals surface area contributed by atoms with Crippen LogP contribution in [0.2, 0.25) is 0 Å². The van der Waals surface area contributed by atoms with Crippen LogP contribution in [0.15, 0.2) is 42.6 Å². The Morgan fingerprint density at radius 1 is 1.10 bits per heavy atom. The molecule has 0 aliphatic heterocycles. The quantitative estimate of drug-likeness (QED) is 0.860. The lowest BCUT2D eigenvalue weighted by Crippen LogP contribution is -2.19. The van der Waals surface area contributed by atoms with Crippen molar-refractivity contribution < 1.29 is 17.6 Å². The summed E-state index contributed by atoms with van der Waals surface area (Å²) in [5.41, 5.74) is 0.637. The number of rotatable bonds is 4. The van der Waals surface area contributed by atoms with Gasteiger partial charge < -0.3 is 5.32 Å². The predicted molar refractivity (Wildman–Crippen MR) is 70.9 cm³/mol. The van der Waals surface area contributed by atoms with Gasteiger partial charge in [0, 0.05) is 18.8 Å². The van der Waals surface area contributed by atoms with E-state index < -0.39 is 11.7 Å². The van der Waals surface area contributed by atoms with Gasteiger partial charge >= 0.3 is 6.18 Å². The summed E-state index contributed by atoms with van der Waals surface area (Å²) in [5, 5.41) is 3.13. The number of halogens is 4. The maximum absolute atomic E-state index is 12.8. The first kappa shape index (κ1) is 15.4. The number of nitrogens with one attached hydrogen (secondary N) is 1. The van der Waals surface area contributed by atoms with Gasteiger partial charge in [-0.3, -0.25) is 4.98 Å². The van der Waals surface area contributed by atoms with Gasteiger partial charge in [-0.05, 0) is 36.8 Å². The number of nitrogens with zero attached hydrogens (tertiary/aromatic N) is 1. The second-order valence-electron chi connectivity index (χ2n) is 4.69. The molecular formula is C15H14F4N2. The van der Waals surface area contributed by atoms with E-state index in [1.165, 1.54) is 18.2 Å². The van der Waals surface area contributed by atoms with Crippen LogP contribution in [0.4, 0.5) is 17.6 Å². The Morgan fingerprint density at radius 3 is 2.29 bits per heavy atom. The largest absolute Gasteiger partial charge is 0.417 e. The van der Waals surface area contributed by atoms with E-state index in [9.17, 15) is 17.6 Å². The van der Waals surface area contributed by atoms with Crippen molar-refractivity contribution >= 4 is 0 Å². The number of hydrogen-bond acceptors (Lipinski definition) is 2. The third-order valence-electron chi connectivity index (χ3n) is 3.11. The molecule has 0 fully saturated rings. The van der Waals surface area contributed by atoms with Crippen LogP contribution in [0.1, 0.15) is 29.8 Å². The Hall–Kier alpha value is -1.95. The van der Waals surface area contributed by atoms with Gasteiger partial charge in [-0.1, -0.05) is 12.1 Å². The Labute approximate surface area is 119 Å². The molecule has 112 valence electrons. The Morgan fingerprint density at radius 2 is 1.76 bits per heavy atom. The molecule has 2 nitrogen and oxygen atoms in total. The van der Waals surface area contributed by atoms with Gasteiger partial charge in [0.15, 0.2) is 0 Å². The predicted octanol–water partition coefficient (Wildman–Crippen LogP) is 4.09. The van der Waals surface area contributed by atoms with Crippen LogP contribution in [-0.2, 0) is 12.7 Å². The van der Waals surface area contributed by atoms with Gasteiger partial charge in [-0.2, -0.15) is 13.2 Å². The van der Waals surface area contributed by atoms with Crippen molar-refractivity contribution in [1.29, 1.82) is 0 Å². The molecule has 21 heavy (non-hydrogen) atoms. The zero-order chi connectivity index (χ0) is 15.5. The number of benzene rings is 1.